The number of aliphatic hydroxyl groups excluding tert-OH is 1. The van der Waals surface area contributed by atoms with E-state index in [1.807, 2.05) is 48.5 Å². The highest BCUT2D eigenvalue weighted by Gasteiger charge is 2.44. The predicted molar refractivity (Wildman–Crippen MR) is 165 cm³/mol. The summed E-state index contributed by atoms with van der Waals surface area (Å²) in [5.74, 6) is 1.44. The third kappa shape index (κ3) is 9.02. The lowest BCUT2D eigenvalue weighted by Gasteiger charge is -2.35. The molecule has 0 aliphatic carbocycles. The van der Waals surface area contributed by atoms with Gasteiger partial charge in [-0.2, -0.15) is 5.26 Å². The number of fused-ring (bicyclic) bond motifs is 2. The number of alkyl carbamates (subject to hydrolysis) is 1. The molecule has 10 nitrogen and oxygen atoms in total. The minimum Gasteiger partial charge on any atom is -0.454 e. The van der Waals surface area contributed by atoms with E-state index in [-0.39, 0.29) is 30.5 Å². The van der Waals surface area contributed by atoms with Crippen molar-refractivity contribution in [1.29, 1.82) is 5.26 Å². The Hall–Kier alpha value is -3.01. The summed E-state index contributed by atoms with van der Waals surface area (Å²) in [6.07, 6.45) is 2.37. The minimum absolute atomic E-state index is 0.0298. The van der Waals surface area contributed by atoms with E-state index in [1.165, 1.54) is 0 Å². The number of nitrogens with one attached hydrogen (secondary N) is 1. The topological polar surface area (TPSA) is 123 Å². The quantitative estimate of drug-likeness (QED) is 0.199. The maximum absolute atomic E-state index is 13.2. The summed E-state index contributed by atoms with van der Waals surface area (Å²) < 4.78 is 30.3. The minimum atomic E-state index is -0.902. The number of carbonyl (C=O) groups excluding carboxylic acids is 1. The number of hydrogen-bond acceptors (Lipinski definition) is 10. The molecule has 238 valence electrons. The van der Waals surface area contributed by atoms with E-state index in [2.05, 4.69) is 29.5 Å². The number of nitriles is 1. The fourth-order valence-corrected chi connectivity index (χ4v) is 7.17. The molecule has 5 rings (SSSR count). The Labute approximate surface area is 264 Å². The van der Waals surface area contributed by atoms with E-state index in [0.29, 0.717) is 50.6 Å². The molecule has 0 spiro atoms. The van der Waals surface area contributed by atoms with Crippen LogP contribution in [0.4, 0.5) is 4.79 Å². The summed E-state index contributed by atoms with van der Waals surface area (Å²) in [6.45, 7) is 6.49. The van der Waals surface area contributed by atoms with Crippen LogP contribution in [0.25, 0.3) is 0 Å². The zero-order valence-electron chi connectivity index (χ0n) is 25.5. The lowest BCUT2D eigenvalue weighted by molar-refractivity contribution is -0.0907. The molecular weight excluding hydrogens is 582 g/mol. The van der Waals surface area contributed by atoms with Crippen molar-refractivity contribution in [1.82, 2.24) is 9.62 Å². The Balaban J connectivity index is 1.29. The molecule has 0 bridgehead atoms. The van der Waals surface area contributed by atoms with Gasteiger partial charge in [-0.25, -0.2) is 9.10 Å². The zero-order chi connectivity index (χ0) is 30.9. The second-order valence-corrected chi connectivity index (χ2v) is 13.6. The second kappa shape index (κ2) is 15.3. The van der Waals surface area contributed by atoms with E-state index in [0.717, 1.165) is 36.1 Å². The van der Waals surface area contributed by atoms with Crippen LogP contribution < -0.4 is 14.8 Å². The Morgan fingerprint density at radius 3 is 2.82 bits per heavy atom. The number of amides is 1. The van der Waals surface area contributed by atoms with Crippen molar-refractivity contribution in [3.05, 3.63) is 54.1 Å². The number of ether oxygens (including phenoxy) is 5. The van der Waals surface area contributed by atoms with Crippen LogP contribution in [0.15, 0.2) is 53.4 Å². The highest BCUT2D eigenvalue weighted by molar-refractivity contribution is 7.97. The molecule has 3 heterocycles. The van der Waals surface area contributed by atoms with Gasteiger partial charge in [0.2, 0.25) is 6.79 Å². The van der Waals surface area contributed by atoms with Crippen LogP contribution in [-0.4, -0.2) is 73.1 Å². The number of rotatable bonds is 15. The van der Waals surface area contributed by atoms with Crippen LogP contribution in [0.5, 0.6) is 11.5 Å². The van der Waals surface area contributed by atoms with Crippen LogP contribution in [0.2, 0.25) is 0 Å². The highest BCUT2D eigenvalue weighted by Crippen LogP contribution is 2.38. The van der Waals surface area contributed by atoms with E-state index >= 15 is 0 Å². The fourth-order valence-electron chi connectivity index (χ4n) is 5.94. The number of aliphatic hydroxyl groups is 1. The second-order valence-electron chi connectivity index (χ2n) is 12.4. The van der Waals surface area contributed by atoms with Gasteiger partial charge in [-0.05, 0) is 66.8 Å². The Morgan fingerprint density at radius 1 is 1.18 bits per heavy atom. The molecule has 44 heavy (non-hydrogen) atoms. The van der Waals surface area contributed by atoms with Gasteiger partial charge in [0.25, 0.3) is 0 Å². The van der Waals surface area contributed by atoms with Gasteiger partial charge in [-0.3, -0.25) is 0 Å². The van der Waals surface area contributed by atoms with Crippen LogP contribution in [-0.2, 0) is 20.6 Å². The maximum Gasteiger partial charge on any atom is 0.407 e. The third-order valence-corrected chi connectivity index (χ3v) is 9.28. The van der Waals surface area contributed by atoms with Crippen molar-refractivity contribution in [3.63, 3.8) is 0 Å². The van der Waals surface area contributed by atoms with E-state index in [4.69, 9.17) is 28.9 Å². The van der Waals surface area contributed by atoms with Crippen LogP contribution in [0.1, 0.15) is 51.5 Å². The van der Waals surface area contributed by atoms with Gasteiger partial charge in [0.15, 0.2) is 17.8 Å². The molecule has 2 saturated heterocycles. The molecule has 2 aromatic carbocycles. The van der Waals surface area contributed by atoms with Gasteiger partial charge < -0.3 is 34.1 Å². The average molecular weight is 626 g/mol. The molecule has 2 fully saturated rings. The van der Waals surface area contributed by atoms with Crippen molar-refractivity contribution in [2.75, 3.05) is 33.1 Å². The average Bonchev–Trinajstić information content (AvgIpc) is 3.74. The molecular formula is C33H43N3O7S. The molecule has 1 amide bonds. The number of unbranched alkanes of at least 4 members (excludes halogenated alkanes) is 2. The normalized spacial score (nSPS) is 21.9. The van der Waals surface area contributed by atoms with Gasteiger partial charge in [0, 0.05) is 24.4 Å². The summed E-state index contributed by atoms with van der Waals surface area (Å²) in [5, 5.41) is 23.7. The summed E-state index contributed by atoms with van der Waals surface area (Å²) in [7, 11) is 0. The number of carbonyl (C=O) groups is 1. The Bertz CT molecular complexity index is 1270. The molecule has 3 aliphatic heterocycles. The molecule has 3 aliphatic rings. The van der Waals surface area contributed by atoms with Gasteiger partial charge in [-0.15, -0.1) is 0 Å². The van der Waals surface area contributed by atoms with E-state index in [1.54, 1.807) is 11.9 Å². The van der Waals surface area contributed by atoms with E-state index in [9.17, 15) is 9.90 Å². The standard InChI is InChI=1S/C33H43N3O7S/c1-33(2,14-7-4-8-15-34)21-36(44-24-11-12-28-29(18-24)42-22-41-28)19-27(37)26(17-23-9-5-3-6-10-23)35-32(38)43-30-20-40-31-25(30)13-16-39-31/h3,5-6,9-12,18,25-27,30-31,37H,4,7-8,13-14,16-17,19-22H2,1-2H3,(H,35,38)/t25-,26-,27+,30-,31+/m0/s1. The maximum atomic E-state index is 13.2. The zero-order valence-corrected chi connectivity index (χ0v) is 26.3. The van der Waals surface area contributed by atoms with Crippen molar-refractivity contribution in [2.45, 2.75) is 81.8 Å². The number of benzene rings is 2. The predicted octanol–water partition coefficient (Wildman–Crippen LogP) is 5.29. The van der Waals surface area contributed by atoms with Crippen LogP contribution in [0.3, 0.4) is 0 Å². The summed E-state index contributed by atoms with van der Waals surface area (Å²) in [4.78, 5) is 14.1. The van der Waals surface area contributed by atoms with Gasteiger partial charge in [-0.1, -0.05) is 50.6 Å². The van der Waals surface area contributed by atoms with Crippen LogP contribution in [0, 0.1) is 22.7 Å². The van der Waals surface area contributed by atoms with Crippen molar-refractivity contribution < 1.29 is 33.6 Å². The SMILES string of the molecule is CC(C)(CCCCC#N)CN(C[C@@H](O)[C@H](Cc1ccccc1)NC(=O)O[C@H]1CO[C@H]2OCC[C@H]21)Sc1ccc2c(c1)OCO2. The van der Waals surface area contributed by atoms with Gasteiger partial charge in [0.1, 0.15) is 6.10 Å². The molecule has 0 saturated carbocycles. The first-order valence-electron chi connectivity index (χ1n) is 15.4. The molecule has 2 N–H and O–H groups in total. The first-order chi connectivity index (χ1) is 21.3. The smallest absolute Gasteiger partial charge is 0.407 e. The molecule has 0 unspecified atom stereocenters. The molecule has 2 aromatic rings. The number of hydrogen-bond donors (Lipinski definition) is 2. The Morgan fingerprint density at radius 2 is 2.00 bits per heavy atom. The van der Waals surface area contributed by atoms with E-state index < -0.39 is 18.2 Å². The molecule has 11 heteroatoms. The van der Waals surface area contributed by atoms with Crippen molar-refractivity contribution >= 4 is 18.0 Å². The monoisotopic (exact) mass is 625 g/mol. The number of nitrogens with zero attached hydrogens (tertiary/aromatic N) is 2. The van der Waals surface area contributed by atoms with Gasteiger partial charge in [0.05, 0.1) is 37.3 Å². The van der Waals surface area contributed by atoms with Crippen LogP contribution >= 0.6 is 11.9 Å². The summed E-state index contributed by atoms with van der Waals surface area (Å²) in [5.41, 5.74) is 0.917. The van der Waals surface area contributed by atoms with Gasteiger partial charge >= 0.3 is 6.09 Å². The van der Waals surface area contributed by atoms with Crippen molar-refractivity contribution in [2.24, 2.45) is 11.3 Å². The highest BCUT2D eigenvalue weighted by atomic mass is 32.2. The third-order valence-electron chi connectivity index (χ3n) is 8.28. The summed E-state index contributed by atoms with van der Waals surface area (Å²) in [6, 6.07) is 17.3. The first-order valence-corrected chi connectivity index (χ1v) is 16.2. The molecule has 0 aromatic heterocycles. The lowest BCUT2D eigenvalue weighted by Crippen LogP contribution is -2.50. The molecule has 0 radical (unpaired) electrons. The Kier molecular flexibility index (Phi) is 11.3. The lowest BCUT2D eigenvalue weighted by atomic mass is 9.86. The van der Waals surface area contributed by atoms with Crippen molar-refractivity contribution in [3.8, 4) is 17.6 Å². The largest absolute Gasteiger partial charge is 0.454 e. The first kappa shape index (κ1) is 32.4. The fraction of sp³-hybridized carbons (Fsp3) is 0.576. The molecule has 5 atom stereocenters. The summed E-state index contributed by atoms with van der Waals surface area (Å²) >= 11 is 1.54.